The van der Waals surface area contributed by atoms with Gasteiger partial charge in [-0.3, -0.25) is 4.98 Å². The first kappa shape index (κ1) is 11.2. The van der Waals surface area contributed by atoms with Crippen LogP contribution in [0.15, 0.2) is 24.5 Å². The molecule has 0 spiro atoms. The smallest absolute Gasteiger partial charge is 0.0315 e. The first-order valence-electron chi connectivity index (χ1n) is 5.40. The molecule has 14 heavy (non-hydrogen) atoms. The highest BCUT2D eigenvalue weighted by Crippen LogP contribution is 2.11. The molecule has 78 valence electrons. The van der Waals surface area contributed by atoms with Crippen molar-refractivity contribution in [3.8, 4) is 0 Å². The fourth-order valence-corrected chi connectivity index (χ4v) is 1.67. The van der Waals surface area contributed by atoms with Crippen molar-refractivity contribution < 1.29 is 0 Å². The number of hydrogen-bond acceptors (Lipinski definition) is 2. The average molecular weight is 192 g/mol. The van der Waals surface area contributed by atoms with Crippen LogP contribution in [-0.2, 0) is 0 Å². The Hall–Kier alpha value is -0.890. The number of nitrogens with zero attached hydrogens (tertiary/aromatic N) is 1. The zero-order valence-corrected chi connectivity index (χ0v) is 9.33. The van der Waals surface area contributed by atoms with E-state index in [1.165, 1.54) is 18.4 Å². The molecule has 0 fully saturated rings. The fraction of sp³-hybridized carbons (Fsp3) is 0.583. The third-order valence-corrected chi connectivity index (χ3v) is 2.44. The number of rotatable bonds is 5. The lowest BCUT2D eigenvalue weighted by molar-refractivity contribution is 0.452. The lowest BCUT2D eigenvalue weighted by atomic mass is 10.1. The Morgan fingerprint density at radius 3 is 2.79 bits per heavy atom. The maximum Gasteiger partial charge on any atom is 0.0315 e. The topological polar surface area (TPSA) is 24.9 Å². The van der Waals surface area contributed by atoms with Crippen molar-refractivity contribution in [2.45, 2.75) is 45.7 Å². The largest absolute Gasteiger partial charge is 0.308 e. The Kier molecular flexibility index (Phi) is 4.60. The van der Waals surface area contributed by atoms with Crippen molar-refractivity contribution >= 4 is 0 Å². The van der Waals surface area contributed by atoms with E-state index in [-0.39, 0.29) is 0 Å². The summed E-state index contributed by atoms with van der Waals surface area (Å²) in [7, 11) is 0. The van der Waals surface area contributed by atoms with E-state index in [9.17, 15) is 0 Å². The molecule has 0 bridgehead atoms. The van der Waals surface area contributed by atoms with Gasteiger partial charge in [-0.15, -0.1) is 0 Å². The monoisotopic (exact) mass is 192 g/mol. The highest BCUT2D eigenvalue weighted by molar-refractivity contribution is 5.12. The molecule has 0 radical (unpaired) electrons. The average Bonchev–Trinajstić information content (AvgIpc) is 2.19. The van der Waals surface area contributed by atoms with Gasteiger partial charge < -0.3 is 5.32 Å². The summed E-state index contributed by atoms with van der Waals surface area (Å²) >= 11 is 0. The molecule has 1 rings (SSSR count). The molecule has 2 heteroatoms. The predicted octanol–water partition coefficient (Wildman–Crippen LogP) is 2.92. The van der Waals surface area contributed by atoms with Crippen LogP contribution in [-0.4, -0.2) is 11.0 Å². The molecular weight excluding hydrogens is 172 g/mol. The summed E-state index contributed by atoms with van der Waals surface area (Å²) in [6.45, 7) is 6.63. The quantitative estimate of drug-likeness (QED) is 0.776. The lowest BCUT2D eigenvalue weighted by Gasteiger charge is -2.19. The van der Waals surface area contributed by atoms with Crippen LogP contribution in [0, 0.1) is 0 Å². The second kappa shape index (κ2) is 5.76. The van der Waals surface area contributed by atoms with Crippen LogP contribution >= 0.6 is 0 Å². The van der Waals surface area contributed by atoms with Crippen LogP contribution in [0.3, 0.4) is 0 Å². The molecule has 0 aliphatic rings. The zero-order chi connectivity index (χ0) is 10.4. The Balaban J connectivity index is 2.46. The first-order chi connectivity index (χ1) is 6.74. The number of aromatic nitrogens is 1. The second-order valence-corrected chi connectivity index (χ2v) is 3.86. The molecule has 1 aromatic heterocycles. The normalized spacial score (nSPS) is 15.1. The van der Waals surface area contributed by atoms with Gasteiger partial charge in [0.1, 0.15) is 0 Å². The van der Waals surface area contributed by atoms with Gasteiger partial charge in [0.25, 0.3) is 0 Å². The number of hydrogen-bond donors (Lipinski definition) is 1. The molecule has 1 heterocycles. The predicted molar refractivity (Wildman–Crippen MR) is 60.2 cm³/mol. The summed E-state index contributed by atoms with van der Waals surface area (Å²) in [6.07, 6.45) is 6.19. The maximum atomic E-state index is 4.12. The van der Waals surface area contributed by atoms with Crippen LogP contribution in [0.2, 0.25) is 0 Å². The third kappa shape index (κ3) is 3.46. The minimum atomic E-state index is 0.394. The minimum Gasteiger partial charge on any atom is -0.308 e. The molecule has 2 nitrogen and oxygen atoms in total. The summed E-state index contributed by atoms with van der Waals surface area (Å²) in [4.78, 5) is 4.12. The number of nitrogens with one attached hydrogen (secondary N) is 1. The standard InChI is InChI=1S/C12H20N2/c1-4-6-10(2)14-11(3)12-7-5-8-13-9-12/h5,7-11,14H,4,6H2,1-3H3/t10?,11-/m0/s1. The maximum absolute atomic E-state index is 4.12. The molecular formula is C12H20N2. The van der Waals surface area contributed by atoms with Gasteiger partial charge in [0.15, 0.2) is 0 Å². The van der Waals surface area contributed by atoms with Crippen molar-refractivity contribution in [2.24, 2.45) is 0 Å². The van der Waals surface area contributed by atoms with E-state index in [0.29, 0.717) is 12.1 Å². The Bertz CT molecular complexity index is 246. The van der Waals surface area contributed by atoms with Crippen molar-refractivity contribution in [1.82, 2.24) is 10.3 Å². The molecule has 2 atom stereocenters. The zero-order valence-electron chi connectivity index (χ0n) is 9.33. The molecule has 0 aromatic carbocycles. The summed E-state index contributed by atoms with van der Waals surface area (Å²) in [6, 6.07) is 5.07. The van der Waals surface area contributed by atoms with Crippen LogP contribution in [0.25, 0.3) is 0 Å². The van der Waals surface area contributed by atoms with Crippen LogP contribution < -0.4 is 5.32 Å². The van der Waals surface area contributed by atoms with E-state index in [1.54, 1.807) is 0 Å². The van der Waals surface area contributed by atoms with Gasteiger partial charge in [0, 0.05) is 24.5 Å². The molecule has 0 saturated carbocycles. The van der Waals surface area contributed by atoms with Crippen molar-refractivity contribution in [3.05, 3.63) is 30.1 Å². The van der Waals surface area contributed by atoms with Gasteiger partial charge in [0.2, 0.25) is 0 Å². The van der Waals surface area contributed by atoms with Gasteiger partial charge in [-0.2, -0.15) is 0 Å². The van der Waals surface area contributed by atoms with E-state index in [1.807, 2.05) is 18.5 Å². The van der Waals surface area contributed by atoms with Gasteiger partial charge in [-0.25, -0.2) is 0 Å². The van der Waals surface area contributed by atoms with E-state index < -0.39 is 0 Å². The van der Waals surface area contributed by atoms with Crippen LogP contribution in [0.1, 0.15) is 45.2 Å². The molecule has 0 amide bonds. The summed E-state index contributed by atoms with van der Waals surface area (Å²) in [5.74, 6) is 0. The van der Waals surface area contributed by atoms with Crippen molar-refractivity contribution in [3.63, 3.8) is 0 Å². The van der Waals surface area contributed by atoms with Gasteiger partial charge in [-0.05, 0) is 31.9 Å². The van der Waals surface area contributed by atoms with Gasteiger partial charge in [0.05, 0.1) is 0 Å². The van der Waals surface area contributed by atoms with Gasteiger partial charge in [-0.1, -0.05) is 19.4 Å². The lowest BCUT2D eigenvalue weighted by Crippen LogP contribution is -2.28. The number of pyridine rings is 1. The molecule has 0 aliphatic carbocycles. The highest BCUT2D eigenvalue weighted by atomic mass is 14.9. The summed E-state index contributed by atoms with van der Waals surface area (Å²) in [5, 5.41) is 3.56. The van der Waals surface area contributed by atoms with E-state index in [4.69, 9.17) is 0 Å². The van der Waals surface area contributed by atoms with Gasteiger partial charge >= 0.3 is 0 Å². The molecule has 1 unspecified atom stereocenters. The van der Waals surface area contributed by atoms with Crippen LogP contribution in [0.5, 0.6) is 0 Å². The third-order valence-electron chi connectivity index (χ3n) is 2.44. The van der Waals surface area contributed by atoms with E-state index in [0.717, 1.165) is 0 Å². The molecule has 1 N–H and O–H groups in total. The highest BCUT2D eigenvalue weighted by Gasteiger charge is 2.07. The molecule has 1 aromatic rings. The molecule has 0 aliphatic heterocycles. The minimum absolute atomic E-state index is 0.394. The summed E-state index contributed by atoms with van der Waals surface area (Å²) < 4.78 is 0. The Morgan fingerprint density at radius 1 is 1.43 bits per heavy atom. The fourth-order valence-electron chi connectivity index (χ4n) is 1.67. The van der Waals surface area contributed by atoms with Crippen molar-refractivity contribution in [2.75, 3.05) is 0 Å². The second-order valence-electron chi connectivity index (χ2n) is 3.86. The van der Waals surface area contributed by atoms with Crippen LogP contribution in [0.4, 0.5) is 0 Å². The Labute approximate surface area is 86.8 Å². The molecule has 0 saturated heterocycles. The van der Waals surface area contributed by atoms with Crippen molar-refractivity contribution in [1.29, 1.82) is 0 Å². The summed E-state index contributed by atoms with van der Waals surface area (Å²) in [5.41, 5.74) is 1.26. The first-order valence-corrected chi connectivity index (χ1v) is 5.40. The van der Waals surface area contributed by atoms with E-state index >= 15 is 0 Å². The Morgan fingerprint density at radius 2 is 2.21 bits per heavy atom. The van der Waals surface area contributed by atoms with E-state index in [2.05, 4.69) is 37.1 Å². The SMILES string of the molecule is CCCC(C)N[C@@H](C)c1cccnc1.